The van der Waals surface area contributed by atoms with Gasteiger partial charge in [-0.25, -0.2) is 0 Å². The molecule has 0 aromatic rings. The molecule has 52 valence electrons. The summed E-state index contributed by atoms with van der Waals surface area (Å²) < 4.78 is 0. The Kier molecular flexibility index (Phi) is 1.08. The maximum absolute atomic E-state index is 5.92. The molecule has 1 aliphatic heterocycles. The predicted molar refractivity (Wildman–Crippen MR) is 37.2 cm³/mol. The maximum atomic E-state index is 5.92. The Bertz CT molecular complexity index is 114. The van der Waals surface area contributed by atoms with Gasteiger partial charge in [0.25, 0.3) is 0 Å². The van der Waals surface area contributed by atoms with E-state index in [9.17, 15) is 0 Å². The van der Waals surface area contributed by atoms with Crippen molar-refractivity contribution in [2.75, 3.05) is 19.6 Å². The summed E-state index contributed by atoms with van der Waals surface area (Å²) in [5.41, 5.74) is 6.17. The Labute approximate surface area is 56.0 Å². The van der Waals surface area contributed by atoms with Gasteiger partial charge in [-0.15, -0.1) is 0 Å². The molecule has 0 spiro atoms. The van der Waals surface area contributed by atoms with E-state index in [4.69, 9.17) is 5.73 Å². The van der Waals surface area contributed by atoms with E-state index >= 15 is 0 Å². The third-order valence-corrected chi connectivity index (χ3v) is 2.38. The molecule has 2 fully saturated rings. The fourth-order valence-electron chi connectivity index (χ4n) is 1.30. The Balaban J connectivity index is 1.76. The Morgan fingerprint density at radius 2 is 2.00 bits per heavy atom. The van der Waals surface area contributed by atoms with Crippen LogP contribution in [0.25, 0.3) is 0 Å². The van der Waals surface area contributed by atoms with Crippen molar-refractivity contribution in [1.82, 2.24) is 4.90 Å². The van der Waals surface area contributed by atoms with Crippen molar-refractivity contribution in [3.8, 4) is 0 Å². The molecule has 1 aliphatic carbocycles. The SMILES string of the molecule is NC1(CN2CCC2)CC1. The Morgan fingerprint density at radius 1 is 1.33 bits per heavy atom. The highest BCUT2D eigenvalue weighted by atomic mass is 15.2. The lowest BCUT2D eigenvalue weighted by atomic mass is 10.1. The molecule has 0 atom stereocenters. The van der Waals surface area contributed by atoms with Crippen molar-refractivity contribution in [2.45, 2.75) is 24.8 Å². The normalized spacial score (nSPS) is 31.7. The predicted octanol–water partition coefficient (Wildman–Crippen LogP) is 0.183. The third kappa shape index (κ3) is 1.10. The van der Waals surface area contributed by atoms with Gasteiger partial charge in [0.2, 0.25) is 0 Å². The van der Waals surface area contributed by atoms with Gasteiger partial charge in [-0.05, 0) is 32.4 Å². The minimum Gasteiger partial charge on any atom is -0.324 e. The lowest BCUT2D eigenvalue weighted by Crippen LogP contribution is -2.46. The van der Waals surface area contributed by atoms with Gasteiger partial charge >= 0.3 is 0 Å². The highest BCUT2D eigenvalue weighted by molar-refractivity contribution is 5.01. The van der Waals surface area contributed by atoms with Crippen molar-refractivity contribution < 1.29 is 0 Å². The average molecular weight is 126 g/mol. The van der Waals surface area contributed by atoms with Gasteiger partial charge in [-0.3, -0.25) is 0 Å². The van der Waals surface area contributed by atoms with E-state index in [1.54, 1.807) is 0 Å². The summed E-state index contributed by atoms with van der Waals surface area (Å²) in [7, 11) is 0. The molecule has 0 unspecified atom stereocenters. The zero-order valence-corrected chi connectivity index (χ0v) is 5.77. The minimum absolute atomic E-state index is 0.250. The number of likely N-dealkylation sites (tertiary alicyclic amines) is 1. The largest absolute Gasteiger partial charge is 0.324 e. The topological polar surface area (TPSA) is 29.3 Å². The Hall–Kier alpha value is -0.0800. The molecule has 2 nitrogen and oxygen atoms in total. The van der Waals surface area contributed by atoms with Gasteiger partial charge in [-0.2, -0.15) is 0 Å². The molecule has 0 aromatic carbocycles. The molecule has 0 aromatic heterocycles. The first kappa shape index (κ1) is 5.69. The zero-order valence-electron chi connectivity index (χ0n) is 5.77. The zero-order chi connectivity index (χ0) is 6.32. The molecule has 2 N–H and O–H groups in total. The summed E-state index contributed by atoms with van der Waals surface area (Å²) in [4.78, 5) is 2.45. The smallest absolute Gasteiger partial charge is 0.0284 e. The van der Waals surface area contributed by atoms with Crippen molar-refractivity contribution in [3.05, 3.63) is 0 Å². The van der Waals surface area contributed by atoms with Crippen LogP contribution in [0, 0.1) is 0 Å². The molecule has 0 amide bonds. The molecular weight excluding hydrogens is 112 g/mol. The molecule has 1 saturated carbocycles. The van der Waals surface area contributed by atoms with Gasteiger partial charge in [0, 0.05) is 12.1 Å². The van der Waals surface area contributed by atoms with E-state index in [1.165, 1.54) is 32.4 Å². The summed E-state index contributed by atoms with van der Waals surface area (Å²) in [6, 6.07) is 0. The molecule has 1 saturated heterocycles. The van der Waals surface area contributed by atoms with E-state index in [1.807, 2.05) is 0 Å². The highest BCUT2D eigenvalue weighted by Gasteiger charge is 2.40. The van der Waals surface area contributed by atoms with Crippen LogP contribution in [-0.2, 0) is 0 Å². The third-order valence-electron chi connectivity index (χ3n) is 2.38. The van der Waals surface area contributed by atoms with E-state index in [0.717, 1.165) is 6.54 Å². The van der Waals surface area contributed by atoms with Gasteiger partial charge in [-0.1, -0.05) is 0 Å². The van der Waals surface area contributed by atoms with Crippen LogP contribution >= 0.6 is 0 Å². The van der Waals surface area contributed by atoms with E-state index in [0.29, 0.717) is 0 Å². The van der Waals surface area contributed by atoms with Crippen molar-refractivity contribution in [2.24, 2.45) is 5.73 Å². The standard InChI is InChI=1S/C7H14N2/c8-7(2-3-7)6-9-4-1-5-9/h1-6,8H2. The quantitative estimate of drug-likeness (QED) is 0.572. The molecule has 1 heterocycles. The second-order valence-corrected chi connectivity index (χ2v) is 3.49. The molecule has 2 aliphatic rings. The molecule has 0 radical (unpaired) electrons. The van der Waals surface area contributed by atoms with E-state index in [2.05, 4.69) is 4.90 Å². The van der Waals surface area contributed by atoms with Crippen LogP contribution in [0.5, 0.6) is 0 Å². The van der Waals surface area contributed by atoms with Gasteiger partial charge < -0.3 is 10.6 Å². The maximum Gasteiger partial charge on any atom is 0.0284 e. The van der Waals surface area contributed by atoms with Crippen LogP contribution in [0.4, 0.5) is 0 Å². The number of nitrogens with two attached hydrogens (primary N) is 1. The molecule has 0 bridgehead atoms. The highest BCUT2D eigenvalue weighted by Crippen LogP contribution is 2.33. The monoisotopic (exact) mass is 126 g/mol. The van der Waals surface area contributed by atoms with Crippen molar-refractivity contribution >= 4 is 0 Å². The number of hydrogen-bond donors (Lipinski definition) is 1. The first-order valence-corrected chi connectivity index (χ1v) is 3.80. The molecular formula is C7H14N2. The first-order chi connectivity index (χ1) is 4.29. The summed E-state index contributed by atoms with van der Waals surface area (Å²) >= 11 is 0. The van der Waals surface area contributed by atoms with Crippen LogP contribution < -0.4 is 5.73 Å². The molecule has 9 heavy (non-hydrogen) atoms. The summed E-state index contributed by atoms with van der Waals surface area (Å²) in [6.45, 7) is 3.74. The summed E-state index contributed by atoms with van der Waals surface area (Å²) in [5.74, 6) is 0. The number of nitrogens with zero attached hydrogens (tertiary/aromatic N) is 1. The minimum atomic E-state index is 0.250. The number of hydrogen-bond acceptors (Lipinski definition) is 2. The molecule has 2 heteroatoms. The van der Waals surface area contributed by atoms with Gasteiger partial charge in [0.15, 0.2) is 0 Å². The van der Waals surface area contributed by atoms with Crippen LogP contribution in [0.3, 0.4) is 0 Å². The summed E-state index contributed by atoms with van der Waals surface area (Å²) in [6.07, 6.45) is 3.89. The van der Waals surface area contributed by atoms with Gasteiger partial charge in [0.05, 0.1) is 0 Å². The van der Waals surface area contributed by atoms with Crippen molar-refractivity contribution in [1.29, 1.82) is 0 Å². The summed E-state index contributed by atoms with van der Waals surface area (Å²) in [5, 5.41) is 0. The van der Waals surface area contributed by atoms with Crippen molar-refractivity contribution in [3.63, 3.8) is 0 Å². The average Bonchev–Trinajstić information content (AvgIpc) is 2.39. The fourth-order valence-corrected chi connectivity index (χ4v) is 1.30. The van der Waals surface area contributed by atoms with E-state index in [-0.39, 0.29) is 5.54 Å². The Morgan fingerprint density at radius 3 is 2.33 bits per heavy atom. The van der Waals surface area contributed by atoms with E-state index < -0.39 is 0 Å². The lowest BCUT2D eigenvalue weighted by Gasteiger charge is -2.32. The van der Waals surface area contributed by atoms with Crippen LogP contribution in [0.2, 0.25) is 0 Å². The van der Waals surface area contributed by atoms with Gasteiger partial charge in [0.1, 0.15) is 0 Å². The first-order valence-electron chi connectivity index (χ1n) is 3.80. The van der Waals surface area contributed by atoms with Crippen LogP contribution in [-0.4, -0.2) is 30.1 Å². The number of rotatable bonds is 2. The second kappa shape index (κ2) is 1.70. The fraction of sp³-hybridized carbons (Fsp3) is 1.00. The lowest BCUT2D eigenvalue weighted by molar-refractivity contribution is 0.165. The van der Waals surface area contributed by atoms with Crippen LogP contribution in [0.1, 0.15) is 19.3 Å². The molecule has 2 rings (SSSR count). The van der Waals surface area contributed by atoms with Crippen LogP contribution in [0.15, 0.2) is 0 Å². The second-order valence-electron chi connectivity index (χ2n) is 3.49.